The van der Waals surface area contributed by atoms with E-state index in [0.29, 0.717) is 29.0 Å². The normalized spacial score (nSPS) is 10.8. The van der Waals surface area contributed by atoms with Crippen molar-refractivity contribution in [2.24, 2.45) is 5.73 Å². The average molecular weight is 236 g/mol. The summed E-state index contributed by atoms with van der Waals surface area (Å²) in [5.41, 5.74) is 6.06. The molecule has 0 aromatic heterocycles. The number of nitrogens with zero attached hydrogens (tertiary/aromatic N) is 1. The summed E-state index contributed by atoms with van der Waals surface area (Å²) in [6.45, 7) is 0.173. The van der Waals surface area contributed by atoms with Gasteiger partial charge in [-0.1, -0.05) is 0 Å². The standard InChI is InChI=1S/C12H13FN2O2/c1-16-12-4-11(3-2-10(12)7-15)17-8-9(5-13)6-14/h2-5H,6,8,14H2,1H3/b9-5+. The Labute approximate surface area is 99.1 Å². The van der Waals surface area contributed by atoms with Crippen LogP contribution in [0.15, 0.2) is 30.1 Å². The van der Waals surface area contributed by atoms with Gasteiger partial charge in [0, 0.05) is 18.2 Å². The Morgan fingerprint density at radius 3 is 2.88 bits per heavy atom. The maximum atomic E-state index is 12.2. The van der Waals surface area contributed by atoms with Gasteiger partial charge in [0.1, 0.15) is 24.2 Å². The van der Waals surface area contributed by atoms with Crippen molar-refractivity contribution in [3.05, 3.63) is 35.7 Å². The summed E-state index contributed by atoms with van der Waals surface area (Å²) < 4.78 is 22.6. The second kappa shape index (κ2) is 6.51. The molecule has 0 bridgehead atoms. The van der Waals surface area contributed by atoms with Crippen molar-refractivity contribution < 1.29 is 13.9 Å². The lowest BCUT2D eigenvalue weighted by Crippen LogP contribution is -2.10. The first-order chi connectivity index (χ1) is 8.24. The summed E-state index contributed by atoms with van der Waals surface area (Å²) in [6, 6.07) is 6.76. The molecule has 17 heavy (non-hydrogen) atoms. The number of benzene rings is 1. The average Bonchev–Trinajstić information content (AvgIpc) is 2.39. The van der Waals surface area contributed by atoms with Crippen molar-refractivity contribution in [3.63, 3.8) is 0 Å². The van der Waals surface area contributed by atoms with Crippen LogP contribution in [0.4, 0.5) is 4.39 Å². The molecule has 0 heterocycles. The molecule has 5 heteroatoms. The Kier molecular flexibility index (Phi) is 4.98. The molecule has 1 aromatic carbocycles. The molecule has 0 unspecified atom stereocenters. The Balaban J connectivity index is 2.77. The molecule has 1 aromatic rings. The number of rotatable bonds is 5. The number of halogens is 1. The van der Waals surface area contributed by atoms with E-state index in [9.17, 15) is 4.39 Å². The Bertz CT molecular complexity index is 452. The summed E-state index contributed by atoms with van der Waals surface area (Å²) >= 11 is 0. The quantitative estimate of drug-likeness (QED) is 0.845. The molecule has 1 rings (SSSR count). The van der Waals surface area contributed by atoms with Gasteiger partial charge in [-0.15, -0.1) is 0 Å². The molecule has 0 amide bonds. The summed E-state index contributed by atoms with van der Waals surface area (Å²) in [6.07, 6.45) is 0.431. The molecule has 0 radical (unpaired) electrons. The second-order valence-electron chi connectivity index (χ2n) is 3.23. The lowest BCUT2D eigenvalue weighted by molar-refractivity contribution is 0.343. The summed E-state index contributed by atoms with van der Waals surface area (Å²) in [5, 5.41) is 8.79. The first kappa shape index (κ1) is 13.0. The molecule has 0 saturated carbocycles. The first-order valence-corrected chi connectivity index (χ1v) is 4.94. The zero-order valence-corrected chi connectivity index (χ0v) is 9.44. The van der Waals surface area contributed by atoms with Gasteiger partial charge in [-0.2, -0.15) is 5.26 Å². The Hall–Kier alpha value is -2.06. The van der Waals surface area contributed by atoms with Crippen molar-refractivity contribution in [1.29, 1.82) is 5.26 Å². The highest BCUT2D eigenvalue weighted by Crippen LogP contribution is 2.24. The van der Waals surface area contributed by atoms with E-state index in [0.717, 1.165) is 0 Å². The number of nitrogens with two attached hydrogens (primary N) is 1. The fourth-order valence-electron chi connectivity index (χ4n) is 1.16. The molecular formula is C12H13FN2O2. The molecular weight excluding hydrogens is 223 g/mol. The maximum Gasteiger partial charge on any atom is 0.140 e. The van der Waals surface area contributed by atoms with Crippen molar-refractivity contribution >= 4 is 0 Å². The lowest BCUT2D eigenvalue weighted by atomic mass is 10.2. The number of hydrogen-bond acceptors (Lipinski definition) is 4. The van der Waals surface area contributed by atoms with E-state index in [1.165, 1.54) is 7.11 Å². The molecule has 0 atom stereocenters. The number of methoxy groups -OCH3 is 1. The highest BCUT2D eigenvalue weighted by atomic mass is 19.1. The molecule has 0 saturated heterocycles. The van der Waals surface area contributed by atoms with Crippen LogP contribution in [0, 0.1) is 11.3 Å². The minimum atomic E-state index is 0.0715. The molecule has 0 aliphatic carbocycles. The predicted octanol–water partition coefficient (Wildman–Crippen LogP) is 1.76. The van der Waals surface area contributed by atoms with Crippen molar-refractivity contribution in [3.8, 4) is 17.6 Å². The van der Waals surface area contributed by atoms with Gasteiger partial charge in [0.25, 0.3) is 0 Å². The number of nitriles is 1. The third kappa shape index (κ3) is 3.47. The van der Waals surface area contributed by atoms with E-state index in [4.69, 9.17) is 20.5 Å². The highest BCUT2D eigenvalue weighted by Gasteiger charge is 2.05. The molecule has 4 nitrogen and oxygen atoms in total. The van der Waals surface area contributed by atoms with E-state index in [-0.39, 0.29) is 13.2 Å². The third-order valence-corrected chi connectivity index (χ3v) is 2.13. The number of hydrogen-bond donors (Lipinski definition) is 1. The largest absolute Gasteiger partial charge is 0.495 e. The molecule has 0 aliphatic heterocycles. The zero-order chi connectivity index (χ0) is 12.7. The van der Waals surface area contributed by atoms with Crippen molar-refractivity contribution in [2.45, 2.75) is 0 Å². The fraction of sp³-hybridized carbons (Fsp3) is 0.250. The van der Waals surface area contributed by atoms with Gasteiger partial charge < -0.3 is 15.2 Å². The third-order valence-electron chi connectivity index (χ3n) is 2.13. The highest BCUT2D eigenvalue weighted by molar-refractivity contribution is 5.47. The van der Waals surface area contributed by atoms with E-state index < -0.39 is 0 Å². The lowest BCUT2D eigenvalue weighted by Gasteiger charge is -2.09. The van der Waals surface area contributed by atoms with E-state index in [2.05, 4.69) is 0 Å². The van der Waals surface area contributed by atoms with Crippen LogP contribution in [-0.2, 0) is 0 Å². The Morgan fingerprint density at radius 2 is 2.35 bits per heavy atom. The van der Waals surface area contributed by atoms with E-state index in [1.54, 1.807) is 18.2 Å². The van der Waals surface area contributed by atoms with Crippen molar-refractivity contribution in [1.82, 2.24) is 0 Å². The first-order valence-electron chi connectivity index (χ1n) is 4.94. The summed E-state index contributed by atoms with van der Waals surface area (Å²) in [4.78, 5) is 0. The molecule has 90 valence electrons. The second-order valence-corrected chi connectivity index (χ2v) is 3.23. The smallest absolute Gasteiger partial charge is 0.140 e. The van der Waals surface area contributed by atoms with Crippen LogP contribution in [0.5, 0.6) is 11.5 Å². The van der Waals surface area contributed by atoms with Crippen LogP contribution < -0.4 is 15.2 Å². The molecule has 0 aliphatic rings. The van der Waals surface area contributed by atoms with Crippen LogP contribution in [0.3, 0.4) is 0 Å². The Morgan fingerprint density at radius 1 is 1.59 bits per heavy atom. The van der Waals surface area contributed by atoms with E-state index >= 15 is 0 Å². The summed E-state index contributed by atoms with van der Waals surface area (Å²) in [7, 11) is 1.47. The van der Waals surface area contributed by atoms with Crippen LogP contribution >= 0.6 is 0 Å². The molecule has 0 fully saturated rings. The number of ether oxygens (including phenoxy) is 2. The SMILES string of the molecule is COc1cc(OC/C(=C/F)CN)ccc1C#N. The monoisotopic (exact) mass is 236 g/mol. The molecule has 2 N–H and O–H groups in total. The van der Waals surface area contributed by atoms with Gasteiger partial charge in [-0.05, 0) is 12.1 Å². The minimum absolute atomic E-state index is 0.0715. The zero-order valence-electron chi connectivity index (χ0n) is 9.44. The van der Waals surface area contributed by atoms with Gasteiger partial charge in [-0.3, -0.25) is 0 Å². The predicted molar refractivity (Wildman–Crippen MR) is 61.4 cm³/mol. The van der Waals surface area contributed by atoms with Crippen LogP contribution in [0.1, 0.15) is 5.56 Å². The maximum absolute atomic E-state index is 12.2. The van der Waals surface area contributed by atoms with E-state index in [1.807, 2.05) is 6.07 Å². The van der Waals surface area contributed by atoms with Crippen LogP contribution in [-0.4, -0.2) is 20.3 Å². The van der Waals surface area contributed by atoms with Crippen LogP contribution in [0.2, 0.25) is 0 Å². The fourth-order valence-corrected chi connectivity index (χ4v) is 1.16. The van der Waals surface area contributed by atoms with Gasteiger partial charge in [-0.25, -0.2) is 4.39 Å². The van der Waals surface area contributed by atoms with Gasteiger partial charge in [0.2, 0.25) is 0 Å². The summed E-state index contributed by atoms with van der Waals surface area (Å²) in [5.74, 6) is 0.914. The molecule has 0 spiro atoms. The topological polar surface area (TPSA) is 68.3 Å². The minimum Gasteiger partial charge on any atom is -0.495 e. The van der Waals surface area contributed by atoms with Gasteiger partial charge in [0.05, 0.1) is 19.0 Å². The van der Waals surface area contributed by atoms with Gasteiger partial charge >= 0.3 is 0 Å². The van der Waals surface area contributed by atoms with Crippen LogP contribution in [0.25, 0.3) is 0 Å². The van der Waals surface area contributed by atoms with Crippen molar-refractivity contribution in [2.75, 3.05) is 20.3 Å². The van der Waals surface area contributed by atoms with Gasteiger partial charge in [0.15, 0.2) is 0 Å².